The van der Waals surface area contributed by atoms with E-state index in [9.17, 15) is 0 Å². The van der Waals surface area contributed by atoms with Gasteiger partial charge in [-0.05, 0) is 18.8 Å². The maximum Gasteiger partial charge on any atom is 0.185 e. The number of anilines is 1. The molecule has 1 atom stereocenters. The summed E-state index contributed by atoms with van der Waals surface area (Å²) < 4.78 is 5.08. The zero-order chi connectivity index (χ0) is 16.0. The average molecular weight is 314 g/mol. The lowest BCUT2D eigenvalue weighted by atomic mass is 10.1. The van der Waals surface area contributed by atoms with Crippen LogP contribution in [0.2, 0.25) is 0 Å². The summed E-state index contributed by atoms with van der Waals surface area (Å²) in [4.78, 5) is 8.54. The molecule has 0 bridgehead atoms. The Morgan fingerprint density at radius 3 is 2.43 bits per heavy atom. The summed E-state index contributed by atoms with van der Waals surface area (Å²) in [6.45, 7) is 13.7. The van der Waals surface area contributed by atoms with Gasteiger partial charge in [-0.2, -0.15) is 0 Å². The maximum atomic E-state index is 5.08. The quantitative estimate of drug-likeness (QED) is 0.708. The summed E-state index contributed by atoms with van der Waals surface area (Å²) in [5.74, 6) is 1.07. The van der Waals surface area contributed by atoms with Crippen LogP contribution in [0, 0.1) is 5.92 Å². The largest absolute Gasteiger partial charge is 0.383 e. The van der Waals surface area contributed by atoms with Gasteiger partial charge < -0.3 is 15.0 Å². The van der Waals surface area contributed by atoms with E-state index in [1.165, 1.54) is 10.6 Å². The van der Waals surface area contributed by atoms with Gasteiger partial charge >= 0.3 is 0 Å². The summed E-state index contributed by atoms with van der Waals surface area (Å²) in [6, 6.07) is 0.491. The van der Waals surface area contributed by atoms with Gasteiger partial charge in [-0.1, -0.05) is 27.7 Å². The van der Waals surface area contributed by atoms with E-state index in [-0.39, 0.29) is 0 Å². The third-order valence-corrected chi connectivity index (χ3v) is 5.07. The van der Waals surface area contributed by atoms with E-state index in [0.717, 1.165) is 24.8 Å². The Morgan fingerprint density at radius 2 is 1.90 bits per heavy atom. The zero-order valence-electron chi connectivity index (χ0n) is 14.6. The molecule has 0 aliphatic carbocycles. The number of nitrogens with zero attached hydrogens (tertiary/aromatic N) is 2. The monoisotopic (exact) mass is 313 g/mol. The van der Waals surface area contributed by atoms with Crippen LogP contribution in [-0.2, 0) is 11.3 Å². The summed E-state index contributed by atoms with van der Waals surface area (Å²) >= 11 is 1.81. The molecule has 4 nitrogen and oxygen atoms in total. The second-order valence-corrected chi connectivity index (χ2v) is 7.29. The van der Waals surface area contributed by atoms with Crippen LogP contribution in [0.1, 0.15) is 51.1 Å². The van der Waals surface area contributed by atoms with E-state index in [4.69, 9.17) is 9.72 Å². The van der Waals surface area contributed by atoms with Gasteiger partial charge in [0.1, 0.15) is 0 Å². The van der Waals surface area contributed by atoms with Crippen LogP contribution in [-0.4, -0.2) is 38.3 Å². The molecule has 0 amide bonds. The van der Waals surface area contributed by atoms with Gasteiger partial charge in [0.15, 0.2) is 5.13 Å². The number of aromatic nitrogens is 1. The molecule has 0 fully saturated rings. The van der Waals surface area contributed by atoms with Crippen molar-refractivity contribution in [2.24, 2.45) is 5.92 Å². The molecular formula is C16H31N3OS. The highest BCUT2D eigenvalue weighted by Crippen LogP contribution is 2.31. The van der Waals surface area contributed by atoms with Gasteiger partial charge in [-0.25, -0.2) is 4.98 Å². The minimum absolute atomic E-state index is 0.456. The first-order valence-corrected chi connectivity index (χ1v) is 8.62. The molecule has 1 aromatic heterocycles. The molecule has 21 heavy (non-hydrogen) atoms. The lowest BCUT2D eigenvalue weighted by Crippen LogP contribution is -2.33. The van der Waals surface area contributed by atoms with Crippen LogP contribution in [0.4, 0.5) is 5.13 Å². The molecule has 1 rings (SSSR count). The van der Waals surface area contributed by atoms with E-state index in [1.54, 1.807) is 7.11 Å². The van der Waals surface area contributed by atoms with Crippen LogP contribution >= 0.6 is 11.3 Å². The molecule has 1 heterocycles. The molecular weight excluding hydrogens is 282 g/mol. The van der Waals surface area contributed by atoms with E-state index in [1.807, 2.05) is 11.3 Å². The standard InChI is InChI=1S/C16H31N3OS/c1-11(2)13(5)19(6)16-18-15(12(3)4)14(21-16)10-17-8-9-20-7/h11-13,17H,8-10H2,1-7H3. The van der Waals surface area contributed by atoms with E-state index < -0.39 is 0 Å². The summed E-state index contributed by atoms with van der Waals surface area (Å²) in [7, 11) is 3.88. The lowest BCUT2D eigenvalue weighted by Gasteiger charge is -2.27. The molecule has 0 spiro atoms. The molecule has 1 aromatic rings. The van der Waals surface area contributed by atoms with Crippen molar-refractivity contribution < 1.29 is 4.74 Å². The number of rotatable bonds is 9. The smallest absolute Gasteiger partial charge is 0.185 e. The van der Waals surface area contributed by atoms with Crippen molar-refractivity contribution in [2.75, 3.05) is 32.2 Å². The second kappa shape index (κ2) is 8.71. The number of thiazole rings is 1. The zero-order valence-corrected chi connectivity index (χ0v) is 15.4. The molecule has 1 N–H and O–H groups in total. The second-order valence-electron chi connectivity index (χ2n) is 6.22. The van der Waals surface area contributed by atoms with Gasteiger partial charge in [0, 0.05) is 38.2 Å². The van der Waals surface area contributed by atoms with Crippen LogP contribution in [0.15, 0.2) is 0 Å². The topological polar surface area (TPSA) is 37.4 Å². The number of ether oxygens (including phenoxy) is 1. The van der Waals surface area contributed by atoms with Crippen LogP contribution in [0.25, 0.3) is 0 Å². The van der Waals surface area contributed by atoms with Crippen molar-refractivity contribution in [3.05, 3.63) is 10.6 Å². The first-order chi connectivity index (χ1) is 9.88. The third-order valence-electron chi connectivity index (χ3n) is 3.91. The van der Waals surface area contributed by atoms with Crippen molar-refractivity contribution in [3.8, 4) is 0 Å². The Morgan fingerprint density at radius 1 is 1.24 bits per heavy atom. The molecule has 1 unspecified atom stereocenters. The van der Waals surface area contributed by atoms with Crippen molar-refractivity contribution in [1.29, 1.82) is 0 Å². The summed E-state index contributed by atoms with van der Waals surface area (Å²) in [5, 5.41) is 4.56. The molecule has 0 aliphatic rings. The number of hydrogen-bond donors (Lipinski definition) is 1. The lowest BCUT2D eigenvalue weighted by molar-refractivity contribution is 0.199. The fraction of sp³-hybridized carbons (Fsp3) is 0.812. The Labute approximate surface area is 133 Å². The van der Waals surface area contributed by atoms with Crippen molar-refractivity contribution >= 4 is 16.5 Å². The van der Waals surface area contributed by atoms with E-state index in [2.05, 4.69) is 51.9 Å². The van der Waals surface area contributed by atoms with Crippen LogP contribution in [0.5, 0.6) is 0 Å². The Kier molecular flexibility index (Phi) is 7.63. The first-order valence-electron chi connectivity index (χ1n) is 7.80. The van der Waals surface area contributed by atoms with E-state index in [0.29, 0.717) is 17.9 Å². The molecule has 0 saturated carbocycles. The van der Waals surface area contributed by atoms with Crippen molar-refractivity contribution in [1.82, 2.24) is 10.3 Å². The van der Waals surface area contributed by atoms with Gasteiger partial charge in [0.25, 0.3) is 0 Å². The van der Waals surface area contributed by atoms with Gasteiger partial charge in [0.05, 0.1) is 12.3 Å². The highest BCUT2D eigenvalue weighted by molar-refractivity contribution is 7.15. The van der Waals surface area contributed by atoms with Crippen molar-refractivity contribution in [3.63, 3.8) is 0 Å². The first kappa shape index (κ1) is 18.4. The van der Waals surface area contributed by atoms with Crippen LogP contribution in [0.3, 0.4) is 0 Å². The van der Waals surface area contributed by atoms with Gasteiger partial charge in [0.2, 0.25) is 0 Å². The Bertz CT molecular complexity index is 418. The van der Waals surface area contributed by atoms with Gasteiger partial charge in [-0.3, -0.25) is 0 Å². The number of nitrogens with one attached hydrogen (secondary N) is 1. The highest BCUT2D eigenvalue weighted by Gasteiger charge is 2.20. The average Bonchev–Trinajstić information content (AvgIpc) is 2.86. The van der Waals surface area contributed by atoms with E-state index >= 15 is 0 Å². The summed E-state index contributed by atoms with van der Waals surface area (Å²) in [6.07, 6.45) is 0. The van der Waals surface area contributed by atoms with Gasteiger partial charge in [-0.15, -0.1) is 11.3 Å². The highest BCUT2D eigenvalue weighted by atomic mass is 32.1. The molecule has 0 saturated heterocycles. The SMILES string of the molecule is COCCNCc1sc(N(C)C(C)C(C)C)nc1C(C)C. The maximum absolute atomic E-state index is 5.08. The minimum Gasteiger partial charge on any atom is -0.383 e. The molecule has 0 aromatic carbocycles. The predicted octanol–water partition coefficient (Wildman–Crippen LogP) is 3.48. The summed E-state index contributed by atoms with van der Waals surface area (Å²) in [5.41, 5.74) is 1.22. The third kappa shape index (κ3) is 5.24. The molecule has 5 heteroatoms. The fourth-order valence-electron chi connectivity index (χ4n) is 2.08. The molecule has 0 aliphatic heterocycles. The number of hydrogen-bond acceptors (Lipinski definition) is 5. The van der Waals surface area contributed by atoms with Crippen molar-refractivity contribution in [2.45, 2.75) is 53.1 Å². The number of methoxy groups -OCH3 is 1. The Balaban J connectivity index is 2.83. The molecule has 122 valence electrons. The predicted molar refractivity (Wildman–Crippen MR) is 92.5 cm³/mol. The van der Waals surface area contributed by atoms with Crippen LogP contribution < -0.4 is 10.2 Å². The fourth-order valence-corrected chi connectivity index (χ4v) is 3.31. The Hall–Kier alpha value is -0.650. The normalized spacial score (nSPS) is 13.2. The minimum atomic E-state index is 0.456. The molecule has 0 radical (unpaired) electrons.